The number of hydrogen-bond donors (Lipinski definition) is 1. The average Bonchev–Trinajstić information content (AvgIpc) is 3.90. The first-order chi connectivity index (χ1) is 36.0. The Kier molecular flexibility index (Phi) is 9.79. The maximum atomic E-state index is 12.2. The fraction of sp³-hybridized carbons (Fsp3) is 0.143. The molecule has 10 rings (SSSR count). The van der Waals surface area contributed by atoms with Crippen molar-refractivity contribution in [2.24, 2.45) is 0 Å². The molecule has 1 N–H and O–H groups in total. The smallest absolute Gasteiger partial charge is 0.148 e. The number of pyridine rings is 1. The fourth-order valence-corrected chi connectivity index (χ4v) is 8.83. The summed E-state index contributed by atoms with van der Waals surface area (Å²) in [6.07, 6.45) is 1.81. The molecule has 0 atom stereocenters. The molecule has 0 spiro atoms. The Bertz CT molecular complexity index is 3740. The molecule has 0 aliphatic rings. The van der Waals surface area contributed by atoms with Crippen LogP contribution in [-0.4, -0.2) is 19.6 Å². The van der Waals surface area contributed by atoms with Gasteiger partial charge in [-0.2, -0.15) is 0 Å². The first-order valence-electron chi connectivity index (χ1n) is 26.9. The molecule has 0 radical (unpaired) electrons. The number of hydrogen-bond acceptors (Lipinski definition) is 3. The summed E-state index contributed by atoms with van der Waals surface area (Å²) < 4.78 is 79.4. The molecule has 0 saturated heterocycles. The number of para-hydroxylation sites is 1. The molecule has 0 fully saturated rings. The van der Waals surface area contributed by atoms with Gasteiger partial charge in [-0.1, -0.05) is 204 Å². The van der Waals surface area contributed by atoms with Crippen molar-refractivity contribution in [3.05, 3.63) is 217 Å². The predicted molar refractivity (Wildman–Crippen MR) is 280 cm³/mol. The molecule has 10 aromatic rings. The maximum absolute atomic E-state index is 12.2. The van der Waals surface area contributed by atoms with Gasteiger partial charge in [0.05, 0.1) is 22.3 Å². The summed E-state index contributed by atoms with van der Waals surface area (Å²) in [6.45, 7) is -2.39. The van der Waals surface area contributed by atoms with Crippen LogP contribution in [0.3, 0.4) is 0 Å². The van der Waals surface area contributed by atoms with Gasteiger partial charge in [-0.25, -0.2) is 4.98 Å². The number of rotatable bonds is 8. The minimum absolute atomic E-state index is 0. The van der Waals surface area contributed by atoms with Gasteiger partial charge in [0.15, 0.2) is 0 Å². The number of phenols is 1. The molecule has 0 aliphatic carbocycles. The standard InChI is InChI=1S/C63H54N3O.Pt/c1-41-34-52(63(5,6)7)40-55(60(41)67)61-65-59-53(24-17-25-58(59)66(61)57-31-30-51(62(2,3)4)39-54(57)46-22-15-10-16-23-46)49-35-48(43-20-13-9-14-21-43)36-50(37-49)56-38-47(32-33-64-56)45-28-26-44(27-29-45)42-18-11-8-12-19-42;/h8-36,38-40,67H,1-7H3;/q-1;/i2D3,3D3,4D3;. The minimum atomic E-state index is -3.49. The number of aromatic nitrogens is 3. The summed E-state index contributed by atoms with van der Waals surface area (Å²) >= 11 is 0. The Morgan fingerprint density at radius 3 is 1.75 bits per heavy atom. The van der Waals surface area contributed by atoms with Crippen molar-refractivity contribution < 1.29 is 38.5 Å². The Morgan fingerprint density at radius 1 is 0.515 bits per heavy atom. The van der Waals surface area contributed by atoms with Gasteiger partial charge in [-0.05, 0) is 98.2 Å². The van der Waals surface area contributed by atoms with Crippen molar-refractivity contribution in [1.29, 1.82) is 0 Å². The second-order valence-corrected chi connectivity index (χ2v) is 18.2. The van der Waals surface area contributed by atoms with E-state index in [-0.39, 0.29) is 32.2 Å². The fourth-order valence-electron chi connectivity index (χ4n) is 8.83. The summed E-state index contributed by atoms with van der Waals surface area (Å²) in [5.41, 5.74) is 9.41. The van der Waals surface area contributed by atoms with Crippen LogP contribution < -0.4 is 0 Å². The summed E-state index contributed by atoms with van der Waals surface area (Å²) in [5.74, 6) is 0.329. The van der Waals surface area contributed by atoms with Crippen LogP contribution in [0.4, 0.5) is 0 Å². The number of imidazole rings is 1. The maximum Gasteiger partial charge on any atom is 0.148 e. The number of benzene rings is 8. The largest absolute Gasteiger partial charge is 0.507 e. The molecule has 0 bridgehead atoms. The summed E-state index contributed by atoms with van der Waals surface area (Å²) in [4.78, 5) is 10.4. The normalized spacial score (nSPS) is 14.2. The predicted octanol–water partition coefficient (Wildman–Crippen LogP) is 16.5. The topological polar surface area (TPSA) is 50.9 Å². The van der Waals surface area contributed by atoms with Gasteiger partial charge in [0.1, 0.15) is 11.6 Å². The molecule has 5 heteroatoms. The van der Waals surface area contributed by atoms with Crippen LogP contribution in [0, 0.1) is 13.0 Å². The van der Waals surface area contributed by atoms with E-state index in [1.807, 2.05) is 90.4 Å². The minimum Gasteiger partial charge on any atom is -0.507 e. The zero-order valence-electron chi connectivity index (χ0n) is 47.1. The Balaban J connectivity index is 0.00000722. The second-order valence-electron chi connectivity index (χ2n) is 18.2. The van der Waals surface area contributed by atoms with Gasteiger partial charge in [0.25, 0.3) is 0 Å². The summed E-state index contributed by atoms with van der Waals surface area (Å²) in [7, 11) is 0. The van der Waals surface area contributed by atoms with E-state index < -0.39 is 31.5 Å². The zero-order chi connectivity index (χ0) is 54.0. The van der Waals surface area contributed by atoms with E-state index >= 15 is 0 Å². The molecule has 2 heterocycles. The number of fused-ring (bicyclic) bond motifs is 1. The molecule has 0 unspecified atom stereocenters. The molecule has 0 aliphatic heterocycles. The monoisotopic (exact) mass is 1070 g/mol. The van der Waals surface area contributed by atoms with Crippen LogP contribution >= 0.6 is 0 Å². The molecule has 4 nitrogen and oxygen atoms in total. The van der Waals surface area contributed by atoms with Crippen molar-refractivity contribution in [3.8, 4) is 89.7 Å². The van der Waals surface area contributed by atoms with E-state index in [0.717, 1.165) is 44.5 Å². The van der Waals surface area contributed by atoms with E-state index in [9.17, 15) is 5.11 Å². The van der Waals surface area contributed by atoms with Gasteiger partial charge in [0.2, 0.25) is 0 Å². The first kappa shape index (κ1) is 36.0. The average molecular weight is 1070 g/mol. The quantitative estimate of drug-likeness (QED) is 0.154. The molecule has 338 valence electrons. The molecule has 0 saturated carbocycles. The van der Waals surface area contributed by atoms with Crippen molar-refractivity contribution in [2.45, 2.75) is 59.1 Å². The molecule has 2 aromatic heterocycles. The van der Waals surface area contributed by atoms with E-state index in [1.54, 1.807) is 36.5 Å². The van der Waals surface area contributed by atoms with Gasteiger partial charge in [-0.15, -0.1) is 23.8 Å². The van der Waals surface area contributed by atoms with Gasteiger partial charge in [0, 0.05) is 50.9 Å². The zero-order valence-corrected chi connectivity index (χ0v) is 40.4. The third kappa shape index (κ3) is 9.02. The SMILES string of the molecule is [2H]C([2H])([2H])C(c1ccc(-n2c(-c3cc(C(C)(C)C)cc(C)c3O)nc3c(-c4[c-]c(-c5cc(-c6ccc(-c7ccccc7)cc6)ccn5)cc(-c5ccccc5)c4)cccc32)c(-c2ccccc2)c1)(C([2H])([2H])[2H])C([2H])([2H])[2H].[Pt]. The van der Waals surface area contributed by atoms with Crippen molar-refractivity contribution in [1.82, 2.24) is 14.5 Å². The number of nitrogens with zero attached hydrogens (tertiary/aromatic N) is 3. The molecular formula is C63H54N3OPt-. The number of aryl methyl sites for hydroxylation is 1. The first-order valence-corrected chi connectivity index (χ1v) is 22.4. The Morgan fingerprint density at radius 2 is 1.10 bits per heavy atom. The van der Waals surface area contributed by atoms with E-state index in [2.05, 4.69) is 93.6 Å². The number of aromatic hydroxyl groups is 1. The molecule has 68 heavy (non-hydrogen) atoms. The Labute approximate surface area is 428 Å². The molecule has 0 amide bonds. The molecule has 8 aromatic carbocycles. The van der Waals surface area contributed by atoms with Gasteiger partial charge in [-0.3, -0.25) is 9.55 Å². The van der Waals surface area contributed by atoms with Crippen LogP contribution in [0.2, 0.25) is 0 Å². The third-order valence-corrected chi connectivity index (χ3v) is 12.5. The van der Waals surface area contributed by atoms with Crippen LogP contribution in [0.25, 0.3) is 95.0 Å². The third-order valence-electron chi connectivity index (χ3n) is 12.5. The summed E-state index contributed by atoms with van der Waals surface area (Å²) in [6, 6.07) is 63.6. The Hall–Kier alpha value is -7.13. The van der Waals surface area contributed by atoms with Crippen LogP contribution in [0.1, 0.15) is 70.4 Å². The van der Waals surface area contributed by atoms with Crippen molar-refractivity contribution >= 4 is 11.0 Å². The number of phenolic OH excluding ortho intramolecular Hbond substituents is 1. The second kappa shape index (κ2) is 18.5. The molecular weight excluding hydrogens is 1010 g/mol. The van der Waals surface area contributed by atoms with Crippen LogP contribution in [0.5, 0.6) is 5.75 Å². The van der Waals surface area contributed by atoms with Crippen molar-refractivity contribution in [2.75, 3.05) is 0 Å². The van der Waals surface area contributed by atoms with E-state index in [4.69, 9.17) is 22.3 Å². The van der Waals surface area contributed by atoms with Crippen LogP contribution in [-0.2, 0) is 31.9 Å². The van der Waals surface area contributed by atoms with E-state index in [0.29, 0.717) is 61.6 Å². The van der Waals surface area contributed by atoms with Crippen LogP contribution in [0.15, 0.2) is 194 Å². The summed E-state index contributed by atoms with van der Waals surface area (Å²) in [5, 5.41) is 12.2. The van der Waals surface area contributed by atoms with Crippen molar-refractivity contribution in [3.63, 3.8) is 0 Å². The van der Waals surface area contributed by atoms with Gasteiger partial charge < -0.3 is 5.11 Å². The van der Waals surface area contributed by atoms with E-state index in [1.165, 1.54) is 12.1 Å². The van der Waals surface area contributed by atoms with Gasteiger partial charge >= 0.3 is 0 Å².